The Morgan fingerprint density at radius 1 is 0.710 bits per heavy atom. The summed E-state index contributed by atoms with van der Waals surface area (Å²) in [6, 6.07) is 25.5. The smallest absolute Gasteiger partial charge is 0.0496 e. The van der Waals surface area contributed by atoms with Crippen molar-refractivity contribution in [1.82, 2.24) is 10.0 Å². The second kappa shape index (κ2) is 11.8. The number of hydrazine groups is 2. The van der Waals surface area contributed by atoms with Crippen LogP contribution in [0.3, 0.4) is 0 Å². The van der Waals surface area contributed by atoms with E-state index in [0.29, 0.717) is 0 Å². The van der Waals surface area contributed by atoms with Crippen LogP contribution in [0.1, 0.15) is 11.1 Å². The van der Waals surface area contributed by atoms with Crippen LogP contribution in [0.2, 0.25) is 0 Å². The number of benzene rings is 4. The van der Waals surface area contributed by atoms with Crippen LogP contribution in [0.5, 0.6) is 0 Å². The van der Waals surface area contributed by atoms with Gasteiger partial charge in [-0.1, -0.05) is 64.5 Å². The Morgan fingerprint density at radius 3 is 1.71 bits per heavy atom. The number of hydrogen-bond acceptors (Lipinski definition) is 4. The lowest BCUT2D eigenvalue weighted by molar-refractivity contribution is 0.432. The summed E-state index contributed by atoms with van der Waals surface area (Å²) in [6.45, 7) is 4.27. The first-order chi connectivity index (χ1) is 14.7. The third-order valence-electron chi connectivity index (χ3n) is 4.52. The van der Waals surface area contributed by atoms with Crippen molar-refractivity contribution in [3.63, 3.8) is 0 Å². The Morgan fingerprint density at radius 2 is 1.19 bits per heavy atom. The van der Waals surface area contributed by atoms with Gasteiger partial charge >= 0.3 is 0 Å². The molecule has 0 aliphatic carbocycles. The van der Waals surface area contributed by atoms with Gasteiger partial charge in [-0.2, -0.15) is 0 Å². The van der Waals surface area contributed by atoms with Gasteiger partial charge in [0, 0.05) is 38.4 Å². The van der Waals surface area contributed by atoms with Gasteiger partial charge in [0.2, 0.25) is 0 Å². The zero-order chi connectivity index (χ0) is 23.0. The van der Waals surface area contributed by atoms with Crippen LogP contribution >= 0.6 is 15.9 Å². The zero-order valence-electron chi connectivity index (χ0n) is 19.3. The van der Waals surface area contributed by atoms with Crippen LogP contribution in [-0.4, -0.2) is 38.2 Å². The minimum absolute atomic E-state index is 1.13. The van der Waals surface area contributed by atoms with Crippen molar-refractivity contribution in [1.29, 1.82) is 0 Å². The quantitative estimate of drug-likeness (QED) is 0.258. The Labute approximate surface area is 194 Å². The standard InChI is InChI=1S/C13H16N2.C11H9Br.C2H8N2/c1-10-5-4-6-11-7-8-12(9-13(10)11)14-15(2)3;1-8-3-2-4-9-5-6-10(12)7-11(8)9;1-4(2)3/h4-9,14H,1-3H3;2-7H,1H3;3H2,1-2H3. The molecule has 4 aromatic carbocycles. The first-order valence-electron chi connectivity index (χ1n) is 10.2. The molecule has 0 aromatic heterocycles. The lowest BCUT2D eigenvalue weighted by atomic mass is 10.1. The Kier molecular flexibility index (Phi) is 9.46. The predicted octanol–water partition coefficient (Wildman–Crippen LogP) is 6.37. The maximum Gasteiger partial charge on any atom is 0.0496 e. The summed E-state index contributed by atoms with van der Waals surface area (Å²) >= 11 is 3.47. The number of fused-ring (bicyclic) bond motifs is 2. The minimum Gasteiger partial charge on any atom is -0.319 e. The van der Waals surface area contributed by atoms with Crippen LogP contribution in [0.4, 0.5) is 5.69 Å². The molecule has 0 saturated carbocycles. The molecule has 164 valence electrons. The molecule has 0 spiro atoms. The Hall–Kier alpha value is -2.44. The summed E-state index contributed by atoms with van der Waals surface area (Å²) in [5.74, 6) is 4.94. The molecule has 0 fully saturated rings. The number of anilines is 1. The van der Waals surface area contributed by atoms with Gasteiger partial charge in [0.05, 0.1) is 0 Å². The number of nitrogens with two attached hydrogens (primary N) is 1. The highest BCUT2D eigenvalue weighted by Gasteiger charge is 1.99. The van der Waals surface area contributed by atoms with E-state index in [0.717, 1.165) is 10.2 Å². The number of rotatable bonds is 2. The molecule has 4 rings (SSSR count). The SMILES string of the molecule is CN(C)N.Cc1cccc2ccc(Br)cc12.Cc1cccc2ccc(NN(C)C)cc12. The summed E-state index contributed by atoms with van der Waals surface area (Å²) in [4.78, 5) is 0. The highest BCUT2D eigenvalue weighted by atomic mass is 79.9. The van der Waals surface area contributed by atoms with Crippen molar-refractivity contribution in [2.75, 3.05) is 33.6 Å². The molecule has 0 amide bonds. The van der Waals surface area contributed by atoms with Crippen LogP contribution in [0.25, 0.3) is 21.5 Å². The van der Waals surface area contributed by atoms with Crippen molar-refractivity contribution in [3.8, 4) is 0 Å². The predicted molar refractivity (Wildman–Crippen MR) is 140 cm³/mol. The van der Waals surface area contributed by atoms with Crippen molar-refractivity contribution in [3.05, 3.63) is 88.4 Å². The largest absolute Gasteiger partial charge is 0.319 e. The molecule has 0 aliphatic rings. The molecule has 4 aromatic rings. The average Bonchev–Trinajstić information content (AvgIpc) is 2.69. The molecule has 3 N–H and O–H groups in total. The van der Waals surface area contributed by atoms with E-state index in [2.05, 4.69) is 108 Å². The molecule has 0 heterocycles. The lowest BCUT2D eigenvalue weighted by Crippen LogP contribution is -2.19. The van der Waals surface area contributed by atoms with E-state index in [-0.39, 0.29) is 0 Å². The molecule has 4 nitrogen and oxygen atoms in total. The van der Waals surface area contributed by atoms with E-state index in [1.54, 1.807) is 14.1 Å². The van der Waals surface area contributed by atoms with E-state index >= 15 is 0 Å². The zero-order valence-corrected chi connectivity index (χ0v) is 20.9. The van der Waals surface area contributed by atoms with Crippen molar-refractivity contribution >= 4 is 43.2 Å². The number of hydrogen-bond donors (Lipinski definition) is 2. The normalized spacial score (nSPS) is 10.5. The summed E-state index contributed by atoms with van der Waals surface area (Å²) in [6.07, 6.45) is 0. The first kappa shape index (κ1) is 24.8. The van der Waals surface area contributed by atoms with Gasteiger partial charge in [0.15, 0.2) is 0 Å². The van der Waals surface area contributed by atoms with Gasteiger partial charge in [-0.05, 0) is 70.8 Å². The highest BCUT2D eigenvalue weighted by Crippen LogP contribution is 2.23. The highest BCUT2D eigenvalue weighted by molar-refractivity contribution is 9.10. The van der Waals surface area contributed by atoms with Gasteiger partial charge < -0.3 is 5.43 Å². The second-order valence-electron chi connectivity index (χ2n) is 7.92. The monoisotopic (exact) mass is 480 g/mol. The van der Waals surface area contributed by atoms with Crippen LogP contribution in [0, 0.1) is 13.8 Å². The number of nitrogens with zero attached hydrogens (tertiary/aromatic N) is 2. The number of nitrogens with one attached hydrogen (secondary N) is 1. The van der Waals surface area contributed by atoms with Gasteiger partial charge in [-0.15, -0.1) is 0 Å². The fourth-order valence-corrected chi connectivity index (χ4v) is 3.52. The second-order valence-corrected chi connectivity index (χ2v) is 8.84. The minimum atomic E-state index is 1.13. The summed E-state index contributed by atoms with van der Waals surface area (Å²) in [7, 11) is 7.53. The topological polar surface area (TPSA) is 44.5 Å². The van der Waals surface area contributed by atoms with Gasteiger partial charge in [-0.3, -0.25) is 10.9 Å². The Bertz CT molecular complexity index is 1120. The molecule has 0 unspecified atom stereocenters. The van der Waals surface area contributed by atoms with Gasteiger partial charge in [0.25, 0.3) is 0 Å². The van der Waals surface area contributed by atoms with E-state index in [9.17, 15) is 0 Å². The molecular weight excluding hydrogens is 448 g/mol. The molecule has 0 atom stereocenters. The number of halogens is 1. The first-order valence-corrected chi connectivity index (χ1v) is 11.0. The average molecular weight is 481 g/mol. The third-order valence-corrected chi connectivity index (χ3v) is 5.01. The maximum atomic E-state index is 4.94. The molecule has 0 radical (unpaired) electrons. The van der Waals surface area contributed by atoms with Crippen molar-refractivity contribution in [2.45, 2.75) is 13.8 Å². The van der Waals surface area contributed by atoms with Crippen LogP contribution in [-0.2, 0) is 0 Å². The van der Waals surface area contributed by atoms with Crippen molar-refractivity contribution < 1.29 is 0 Å². The molecule has 0 saturated heterocycles. The fraction of sp³-hybridized carbons (Fsp3) is 0.231. The van der Waals surface area contributed by atoms with Gasteiger partial charge in [0.1, 0.15) is 0 Å². The molecular formula is C26H33BrN4. The Balaban J connectivity index is 0.000000192. The lowest BCUT2D eigenvalue weighted by Gasteiger charge is -2.14. The van der Waals surface area contributed by atoms with E-state index in [1.165, 1.54) is 37.7 Å². The third kappa shape index (κ3) is 7.96. The summed E-state index contributed by atoms with van der Waals surface area (Å²) in [5.41, 5.74) is 7.03. The molecule has 0 aliphatic heterocycles. The van der Waals surface area contributed by atoms with Crippen molar-refractivity contribution in [2.24, 2.45) is 5.84 Å². The van der Waals surface area contributed by atoms with E-state index in [4.69, 9.17) is 5.84 Å². The van der Waals surface area contributed by atoms with Gasteiger partial charge in [-0.25, -0.2) is 5.01 Å². The molecule has 5 heteroatoms. The molecule has 0 bridgehead atoms. The summed E-state index contributed by atoms with van der Waals surface area (Å²) < 4.78 is 1.14. The fourth-order valence-electron chi connectivity index (χ4n) is 3.16. The molecule has 31 heavy (non-hydrogen) atoms. The maximum absolute atomic E-state index is 4.94. The van der Waals surface area contributed by atoms with Crippen LogP contribution < -0.4 is 11.3 Å². The van der Waals surface area contributed by atoms with Crippen LogP contribution in [0.15, 0.2) is 77.3 Å². The summed E-state index contributed by atoms with van der Waals surface area (Å²) in [5, 5.41) is 8.67. The van der Waals surface area contributed by atoms with E-state index < -0.39 is 0 Å². The van der Waals surface area contributed by atoms with E-state index in [1.807, 2.05) is 19.1 Å². The number of aryl methyl sites for hydroxylation is 2.